The molecule has 77 heteroatoms. The summed E-state index contributed by atoms with van der Waals surface area (Å²) in [7, 11) is -32.9. The molecular weight excluding hydrogens is 2070 g/mol. The van der Waals surface area contributed by atoms with Crippen molar-refractivity contribution >= 4 is 137 Å². The van der Waals surface area contributed by atoms with Crippen molar-refractivity contribution in [3.63, 3.8) is 0 Å². The first kappa shape index (κ1) is 120. The van der Waals surface area contributed by atoms with E-state index < -0.39 is 372 Å². The van der Waals surface area contributed by atoms with Crippen LogP contribution in [0.15, 0.2) is 6.20 Å². The van der Waals surface area contributed by atoms with E-state index in [-0.39, 0.29) is 50.5 Å². The van der Waals surface area contributed by atoms with Crippen molar-refractivity contribution in [3.8, 4) is 0 Å². The topological polar surface area (TPSA) is 831 Å². The molecule has 0 radical (unpaired) electrons. The Hall–Kier alpha value is -1.40. The van der Waals surface area contributed by atoms with Crippen molar-refractivity contribution in [2.45, 2.75) is 279 Å². The van der Waals surface area contributed by atoms with Gasteiger partial charge in [-0.2, -0.15) is 0 Å². The first-order valence-electron chi connectivity index (χ1n) is 44.5. The zero-order chi connectivity index (χ0) is 104. The number of aliphatic hydroxyl groups excluding tert-OH is 9. The molecule has 11 rings (SSSR count). The Labute approximate surface area is 812 Å². The monoisotopic (exact) mass is 2190 g/mol. The predicted octanol–water partition coefficient (Wildman–Crippen LogP) is -13.8. The number of aromatic nitrogens is 3. The Morgan fingerprint density at radius 3 is 0.986 bits per heavy atom. The molecule has 0 spiro atoms. The summed E-state index contributed by atoms with van der Waals surface area (Å²) in [5.41, 5.74) is 0.144. The van der Waals surface area contributed by atoms with Crippen molar-refractivity contribution in [1.29, 1.82) is 0 Å². The molecule has 11 heterocycles. The number of nitrogens with zero attached hydrogens (tertiary/aromatic N) is 3. The fourth-order valence-corrected chi connectivity index (χ4v) is 24.4. The maximum Gasteiger partial charge on any atom is 0.472 e. The van der Waals surface area contributed by atoms with Crippen LogP contribution < -0.4 is 0 Å². The van der Waals surface area contributed by atoms with Gasteiger partial charge in [-0.05, 0) is 6.92 Å². The summed E-state index contributed by atoms with van der Waals surface area (Å²) in [6.45, 7) is -1.63. The van der Waals surface area contributed by atoms with Crippen LogP contribution in [0.1, 0.15) is 40.3 Å². The van der Waals surface area contributed by atoms with Gasteiger partial charge in [0.25, 0.3) is 0 Å². The lowest BCUT2D eigenvalue weighted by Crippen LogP contribution is -2.53. The highest BCUT2D eigenvalue weighted by molar-refractivity contribution is 7.49. The van der Waals surface area contributed by atoms with E-state index in [1.165, 1.54) is 94.4 Å². The number of phosphoric acid groups is 8. The van der Waals surface area contributed by atoms with Crippen molar-refractivity contribution in [2.24, 2.45) is 11.8 Å². The average Bonchev–Trinajstić information content (AvgIpc) is 1.78. The Kier molecular flexibility index (Phi) is 43.1. The SMILES string of the molecule is BC1O[C@H](COP(=O)(O)O[C@@H]2[C@H](O)C(B)O[C@@H]2COP(=O)(O)O[C@@H]2[C@H](OCc3cn(CCOCCOC4OC(COC(C)=O)C(OC(C)=O)C(C)C4C)nn3)CO[C@@H]2COP(=O)(O)O[C@@H]2[C@H](O)C(B)O[C@@H]2COP(=O)(O)O[C@@H]2[C@H](O)C(B)O[C@@H]2COP(=O)(O)O[C@@H]2[C@H](O)C(B)O[C@@H]2COP(=O)(O)O[C@@H]2[C@H](O)C(B)O[C@@H]2COP(=O)(O)O[C@@H]2[C@H](O)C(B)O[C@@H]2COP(=O)(O)O[C@@H]2[C@H](O)C(B)O[C@@H]2C)[C@H](O)[C@@H]1O. The molecule has 0 aromatic carbocycles. The molecule has 141 heavy (non-hydrogen) atoms. The Bertz CT molecular complexity index is 4660. The summed E-state index contributed by atoms with van der Waals surface area (Å²) >= 11 is 0. The summed E-state index contributed by atoms with van der Waals surface area (Å²) in [4.78, 5) is 111. The van der Waals surface area contributed by atoms with Crippen molar-refractivity contribution in [2.75, 3.05) is 85.9 Å². The maximum atomic E-state index is 14.1. The van der Waals surface area contributed by atoms with E-state index in [4.69, 9.17) is 143 Å². The van der Waals surface area contributed by atoms with E-state index >= 15 is 0 Å². The number of esters is 2. The zero-order valence-electron chi connectivity index (χ0n) is 78.0. The van der Waals surface area contributed by atoms with Crippen LogP contribution in [0.4, 0.5) is 0 Å². The van der Waals surface area contributed by atoms with Crippen LogP contribution in [0.2, 0.25) is 0 Å². The highest BCUT2D eigenvalue weighted by Crippen LogP contribution is 2.58. The van der Waals surface area contributed by atoms with E-state index in [0.717, 1.165) is 0 Å². The molecule has 10 aliphatic heterocycles. The van der Waals surface area contributed by atoms with Crippen LogP contribution in [-0.4, -0.2) is 492 Å². The molecule has 0 saturated carbocycles. The molecule has 1 aromatic heterocycles. The zero-order valence-corrected chi connectivity index (χ0v) is 85.2. The summed E-state index contributed by atoms with van der Waals surface area (Å²) in [5.74, 6) is -1.66. The Morgan fingerprint density at radius 2 is 0.660 bits per heavy atom. The van der Waals surface area contributed by atoms with Gasteiger partial charge in [-0.3, -0.25) is 82.0 Å². The third-order valence-corrected chi connectivity index (χ3v) is 32.3. The van der Waals surface area contributed by atoms with Gasteiger partial charge in [0.1, 0.15) is 246 Å². The van der Waals surface area contributed by atoms with Gasteiger partial charge in [0.2, 0.25) is 0 Å². The van der Waals surface area contributed by atoms with Crippen LogP contribution in [0, 0.1) is 11.8 Å². The van der Waals surface area contributed by atoms with E-state index in [9.17, 15) is 131 Å². The first-order chi connectivity index (χ1) is 65.6. The maximum absolute atomic E-state index is 14.1. The Morgan fingerprint density at radius 1 is 0.355 bits per heavy atom. The van der Waals surface area contributed by atoms with Crippen molar-refractivity contribution < 1.29 is 275 Å². The van der Waals surface area contributed by atoms with Crippen LogP contribution in [0.3, 0.4) is 0 Å². The molecule has 10 saturated heterocycles. The number of rotatable bonds is 53. The number of carbonyl (C=O) groups excluding carboxylic acids is 2. The minimum absolute atomic E-state index is 0.0396. The molecule has 61 nitrogen and oxygen atoms in total. The van der Waals surface area contributed by atoms with Gasteiger partial charge in [0.15, 0.2) is 6.29 Å². The number of carbonyl (C=O) groups is 2. The molecule has 21 unspecified atom stereocenters. The molecule has 1 aromatic rings. The fourth-order valence-electron chi connectivity index (χ4n) is 16.6. The molecule has 10 aliphatic rings. The second-order valence-electron chi connectivity index (χ2n) is 35.1. The smallest absolute Gasteiger partial charge is 0.463 e. The van der Waals surface area contributed by atoms with Crippen LogP contribution in [-0.2, 0) is 203 Å². The van der Waals surface area contributed by atoms with E-state index in [0.29, 0.717) is 0 Å². The number of phosphoric ester groups is 8. The van der Waals surface area contributed by atoms with Gasteiger partial charge in [-0.25, -0.2) is 41.2 Å². The van der Waals surface area contributed by atoms with Gasteiger partial charge >= 0.3 is 74.5 Å². The van der Waals surface area contributed by atoms with Crippen LogP contribution in [0.5, 0.6) is 0 Å². The van der Waals surface area contributed by atoms with Gasteiger partial charge in [0, 0.05) is 25.7 Å². The third-order valence-electron chi connectivity index (χ3n) is 24.4. The van der Waals surface area contributed by atoms with Gasteiger partial charge in [0.05, 0.1) is 153 Å². The van der Waals surface area contributed by atoms with Crippen LogP contribution in [0.25, 0.3) is 0 Å². The molecule has 17 N–H and O–H groups in total. The minimum atomic E-state index is -5.61. The van der Waals surface area contributed by atoms with E-state index in [2.05, 4.69) is 10.3 Å². The minimum Gasteiger partial charge on any atom is -0.463 e. The number of ether oxygens (including phenoxy) is 15. The van der Waals surface area contributed by atoms with E-state index in [1.54, 1.807) is 0 Å². The van der Waals surface area contributed by atoms with Crippen molar-refractivity contribution in [3.05, 3.63) is 11.9 Å². The number of hydrogen-bond donors (Lipinski definition) is 17. The van der Waals surface area contributed by atoms with Crippen molar-refractivity contribution in [1.82, 2.24) is 15.0 Å². The summed E-state index contributed by atoms with van der Waals surface area (Å²) in [6.07, 6.45) is -46.2. The molecule has 48 atom stereocenters. The first-order valence-corrected chi connectivity index (χ1v) is 56.5. The highest BCUT2D eigenvalue weighted by Gasteiger charge is 2.58. The molecule has 0 bridgehead atoms. The second kappa shape index (κ2) is 50.7. The van der Waals surface area contributed by atoms with Gasteiger partial charge < -0.3 is 156 Å². The molecule has 0 amide bonds. The number of hydrogen-bond acceptors (Lipinski definition) is 52. The summed E-state index contributed by atoms with van der Waals surface area (Å²) in [6, 6.07) is -9.17. The predicted molar refractivity (Wildman–Crippen MR) is 477 cm³/mol. The molecule has 0 aliphatic carbocycles. The molecule has 10 fully saturated rings. The second-order valence-corrected chi connectivity index (χ2v) is 46.4. The van der Waals surface area contributed by atoms with Gasteiger partial charge in [-0.15, -0.1) is 5.10 Å². The summed E-state index contributed by atoms with van der Waals surface area (Å²) in [5, 5.41) is 105. The lowest BCUT2D eigenvalue weighted by atomic mass is 9.84. The molecule has 802 valence electrons. The lowest BCUT2D eigenvalue weighted by Gasteiger charge is -2.43. The standard InChI is InChI=1S/C64H119B8N3O58P8/c1-22-23(2)64(125-31(13-105-25(4)76)47(22)117-26(5)77)104-9-8-103-7-6-75-10-27(73-74-75)11-106-29-12-107-30(49(29)127-135(89,90)111-17-33-50(41(81)58(67)120-33)128-136(91,92)108-14-28-38(78)39(79)56(65)118-28)15-109-137(93,94)129-51-34(121-59(68)42(51)82)18-112-139(97,98)131-53-36(123-61(70)44(53)84)20-114-141(101,102)133-55-37(124-63(72)46(55)86)21-115-140(99,100)132-54-35(122-62(71)45(54)85)19-113-138(95,96)130-52-32(119-60(69)43(52)83)16-110-134(87,88)126-48-24(3)116-57(66)40(48)80/h10,22-24,28-64,78-86H,6-9,11-21,65-72H2,1-5H3,(H,87,88)(H,89,90)(H,91,92)(H,93,94)(H,95,96)(H,97,98)(H,99,100)(H,101,102)/t22?,23?,24-,28-,29-,30-,31?,32-,33-,34-,35-,36-,37-,38+,39+,40+,41+,42+,43+,44+,45+,46+,47?,48+,49-,50+,51+,52+,53+,54+,55+,56?,57?,58?,59?,60?,61?,62?,63?,64?/m1/s1. The fraction of sp³-hybridized carbons (Fsp3) is 0.938. The Balaban J connectivity index is 0.662. The third kappa shape index (κ3) is 33.1. The number of aliphatic hydroxyl groups is 9. The molecular formula is C64H119B8N3O58P8. The average molecular weight is 2190 g/mol. The van der Waals surface area contributed by atoms with E-state index in [1.807, 2.05) is 13.8 Å². The highest BCUT2D eigenvalue weighted by atomic mass is 31.2. The van der Waals surface area contributed by atoms with Gasteiger partial charge in [-0.1, -0.05) is 19.1 Å². The lowest BCUT2D eigenvalue weighted by molar-refractivity contribution is -0.275. The largest absolute Gasteiger partial charge is 0.472 e. The summed E-state index contributed by atoms with van der Waals surface area (Å²) < 4.78 is 278. The van der Waals surface area contributed by atoms with Crippen LogP contribution >= 0.6 is 62.6 Å². The quantitative estimate of drug-likeness (QED) is 0.0125. The normalized spacial score (nSPS) is 42.3.